The molecular weight excluding hydrogens is 440 g/mol. The van der Waals surface area contributed by atoms with E-state index < -0.39 is 0 Å². The monoisotopic (exact) mass is 466 g/mol. The largest absolute Gasteiger partial charge is 0.398 e. The molecule has 5 N–H and O–H groups in total. The molecule has 8 heteroatoms. The Bertz CT molecular complexity index is 1330. The van der Waals surface area contributed by atoms with Gasteiger partial charge in [0.15, 0.2) is 0 Å². The number of benzene rings is 3. The maximum absolute atomic E-state index is 12.8. The number of carbonyl (C=O) groups is 2. The SMILES string of the molecule is Nc1cc(C(=O)Nc2ccc(C3=NCCC3)cc2)ccc1C(=O)Nc1ccc(C2=NCCN2)cc1. The molecule has 2 amide bonds. The standard InChI is InChI=1S/C27H26N6O2/c28-23-16-19(26(34)32-20-8-3-17(4-9-20)24-2-1-13-29-24)7-12-22(23)27(35)33-21-10-5-18(6-11-21)25-30-14-15-31-25/h3-12,16H,1-2,13-15,28H2,(H,30,31)(H,32,34)(H,33,35). The molecule has 176 valence electrons. The highest BCUT2D eigenvalue weighted by atomic mass is 16.2. The predicted molar refractivity (Wildman–Crippen MR) is 140 cm³/mol. The van der Waals surface area contributed by atoms with Gasteiger partial charge in [-0.1, -0.05) is 12.1 Å². The number of hydrogen-bond acceptors (Lipinski definition) is 6. The molecule has 0 unspecified atom stereocenters. The van der Waals surface area contributed by atoms with Gasteiger partial charge in [0.2, 0.25) is 0 Å². The molecule has 5 rings (SSSR count). The first kappa shape index (κ1) is 22.3. The van der Waals surface area contributed by atoms with E-state index in [2.05, 4.69) is 25.9 Å². The molecule has 2 aliphatic rings. The highest BCUT2D eigenvalue weighted by Gasteiger charge is 2.15. The van der Waals surface area contributed by atoms with E-state index >= 15 is 0 Å². The van der Waals surface area contributed by atoms with Crippen molar-refractivity contribution in [2.75, 3.05) is 36.0 Å². The second-order valence-corrected chi connectivity index (χ2v) is 8.45. The minimum absolute atomic E-state index is 0.228. The van der Waals surface area contributed by atoms with Crippen LogP contribution >= 0.6 is 0 Å². The fourth-order valence-corrected chi connectivity index (χ4v) is 4.14. The highest BCUT2D eigenvalue weighted by Crippen LogP contribution is 2.20. The quantitative estimate of drug-likeness (QED) is 0.414. The number of hydrogen-bond donors (Lipinski definition) is 4. The van der Waals surface area contributed by atoms with Crippen LogP contribution in [-0.2, 0) is 0 Å². The number of nitrogens with one attached hydrogen (secondary N) is 3. The van der Waals surface area contributed by atoms with Gasteiger partial charge < -0.3 is 21.7 Å². The van der Waals surface area contributed by atoms with E-state index in [0.717, 1.165) is 55.2 Å². The van der Waals surface area contributed by atoms with Crippen molar-refractivity contribution in [1.82, 2.24) is 5.32 Å². The zero-order chi connectivity index (χ0) is 24.2. The van der Waals surface area contributed by atoms with Gasteiger partial charge in [-0.05, 0) is 73.0 Å². The van der Waals surface area contributed by atoms with Gasteiger partial charge in [-0.3, -0.25) is 19.6 Å². The second-order valence-electron chi connectivity index (χ2n) is 8.45. The summed E-state index contributed by atoms with van der Waals surface area (Å²) in [7, 11) is 0. The number of aliphatic imine (C=N–C) groups is 2. The van der Waals surface area contributed by atoms with Crippen LogP contribution in [0.1, 0.15) is 44.7 Å². The Labute approximate surface area is 203 Å². The maximum atomic E-state index is 12.8. The van der Waals surface area contributed by atoms with E-state index in [1.54, 1.807) is 12.1 Å². The molecule has 3 aromatic rings. The number of nitrogen functional groups attached to an aromatic ring is 1. The molecule has 0 radical (unpaired) electrons. The molecule has 0 saturated carbocycles. The van der Waals surface area contributed by atoms with Crippen molar-refractivity contribution >= 4 is 40.4 Å². The average molecular weight is 467 g/mol. The smallest absolute Gasteiger partial charge is 0.257 e. The zero-order valence-corrected chi connectivity index (χ0v) is 19.2. The average Bonchev–Trinajstić information content (AvgIpc) is 3.60. The third-order valence-corrected chi connectivity index (χ3v) is 6.00. The summed E-state index contributed by atoms with van der Waals surface area (Å²) in [6, 6.07) is 19.8. The van der Waals surface area contributed by atoms with Gasteiger partial charge in [0.1, 0.15) is 5.84 Å². The first-order valence-corrected chi connectivity index (χ1v) is 11.6. The fourth-order valence-electron chi connectivity index (χ4n) is 4.14. The summed E-state index contributed by atoms with van der Waals surface area (Å²) in [4.78, 5) is 34.4. The molecule has 0 spiro atoms. The van der Waals surface area contributed by atoms with Crippen LogP contribution in [0.3, 0.4) is 0 Å². The summed E-state index contributed by atoms with van der Waals surface area (Å²) >= 11 is 0. The van der Waals surface area contributed by atoms with Crippen molar-refractivity contribution in [3.05, 3.63) is 89.0 Å². The molecule has 35 heavy (non-hydrogen) atoms. The van der Waals surface area contributed by atoms with Gasteiger partial charge in [-0.25, -0.2) is 0 Å². The molecule has 8 nitrogen and oxygen atoms in total. The van der Waals surface area contributed by atoms with E-state index in [1.165, 1.54) is 6.07 Å². The third-order valence-electron chi connectivity index (χ3n) is 6.00. The normalized spacial score (nSPS) is 14.6. The lowest BCUT2D eigenvalue weighted by atomic mass is 10.1. The summed E-state index contributed by atoms with van der Waals surface area (Å²) in [6.45, 7) is 2.48. The lowest BCUT2D eigenvalue weighted by molar-refractivity contribution is 0.101. The summed E-state index contributed by atoms with van der Waals surface area (Å²) in [5, 5.41) is 8.93. The van der Waals surface area contributed by atoms with E-state index in [-0.39, 0.29) is 17.5 Å². The molecular formula is C27H26N6O2. The predicted octanol–water partition coefficient (Wildman–Crippen LogP) is 3.71. The van der Waals surface area contributed by atoms with Crippen molar-refractivity contribution in [2.24, 2.45) is 9.98 Å². The number of amides is 2. The Kier molecular flexibility index (Phi) is 6.26. The third kappa shape index (κ3) is 5.06. The van der Waals surface area contributed by atoms with Crippen LogP contribution in [0.15, 0.2) is 76.7 Å². The van der Waals surface area contributed by atoms with Crippen LogP contribution < -0.4 is 21.7 Å². The molecule has 0 aliphatic carbocycles. The lowest BCUT2D eigenvalue weighted by Gasteiger charge is -2.11. The van der Waals surface area contributed by atoms with E-state index in [9.17, 15) is 9.59 Å². The molecule has 0 fully saturated rings. The Hall–Kier alpha value is -4.46. The maximum Gasteiger partial charge on any atom is 0.257 e. The van der Waals surface area contributed by atoms with Crippen molar-refractivity contribution in [2.45, 2.75) is 12.8 Å². The van der Waals surface area contributed by atoms with Crippen LogP contribution in [0.5, 0.6) is 0 Å². The zero-order valence-electron chi connectivity index (χ0n) is 19.2. The van der Waals surface area contributed by atoms with Crippen molar-refractivity contribution in [3.8, 4) is 0 Å². The van der Waals surface area contributed by atoms with E-state index in [1.807, 2.05) is 48.5 Å². The van der Waals surface area contributed by atoms with Crippen LogP contribution in [-0.4, -0.2) is 43.0 Å². The molecule has 2 heterocycles. The summed E-state index contributed by atoms with van der Waals surface area (Å²) < 4.78 is 0. The molecule has 2 aliphatic heterocycles. The Morgan fingerprint density at radius 3 is 2.09 bits per heavy atom. The van der Waals surface area contributed by atoms with E-state index in [4.69, 9.17) is 5.73 Å². The topological polar surface area (TPSA) is 121 Å². The number of amidine groups is 1. The summed E-state index contributed by atoms with van der Waals surface area (Å²) in [5.74, 6) is 0.220. The van der Waals surface area contributed by atoms with Gasteiger partial charge in [-0.15, -0.1) is 0 Å². The number of anilines is 3. The Morgan fingerprint density at radius 2 is 1.49 bits per heavy atom. The van der Waals surface area contributed by atoms with Gasteiger partial charge in [-0.2, -0.15) is 0 Å². The van der Waals surface area contributed by atoms with Crippen molar-refractivity contribution in [1.29, 1.82) is 0 Å². The minimum atomic E-state index is -0.344. The second kappa shape index (κ2) is 9.80. The van der Waals surface area contributed by atoms with Gasteiger partial charge in [0, 0.05) is 47.0 Å². The first-order valence-electron chi connectivity index (χ1n) is 11.6. The number of rotatable bonds is 6. The van der Waals surface area contributed by atoms with Gasteiger partial charge in [0.25, 0.3) is 11.8 Å². The Balaban J connectivity index is 1.22. The van der Waals surface area contributed by atoms with Crippen LogP contribution in [0.2, 0.25) is 0 Å². The van der Waals surface area contributed by atoms with Crippen molar-refractivity contribution < 1.29 is 9.59 Å². The van der Waals surface area contributed by atoms with Gasteiger partial charge in [0.05, 0.1) is 12.1 Å². The van der Waals surface area contributed by atoms with Crippen molar-refractivity contribution in [3.63, 3.8) is 0 Å². The fraction of sp³-hybridized carbons (Fsp3) is 0.185. The first-order chi connectivity index (χ1) is 17.1. The number of nitrogens with zero attached hydrogens (tertiary/aromatic N) is 2. The molecule has 0 saturated heterocycles. The molecule has 3 aromatic carbocycles. The van der Waals surface area contributed by atoms with E-state index in [0.29, 0.717) is 22.5 Å². The minimum Gasteiger partial charge on any atom is -0.398 e. The van der Waals surface area contributed by atoms with Crippen LogP contribution in [0.25, 0.3) is 0 Å². The number of carbonyl (C=O) groups excluding carboxylic acids is 2. The molecule has 0 bridgehead atoms. The molecule has 0 atom stereocenters. The summed E-state index contributed by atoms with van der Waals surface area (Å²) in [6.07, 6.45) is 2.08. The highest BCUT2D eigenvalue weighted by molar-refractivity contribution is 6.10. The van der Waals surface area contributed by atoms with Crippen LogP contribution in [0.4, 0.5) is 17.1 Å². The van der Waals surface area contributed by atoms with Gasteiger partial charge >= 0.3 is 0 Å². The lowest BCUT2D eigenvalue weighted by Crippen LogP contribution is -2.19. The van der Waals surface area contributed by atoms with Crippen LogP contribution in [0, 0.1) is 0 Å². The number of nitrogens with two attached hydrogens (primary N) is 1. The molecule has 0 aromatic heterocycles. The Morgan fingerprint density at radius 1 is 0.800 bits per heavy atom. The summed E-state index contributed by atoms with van der Waals surface area (Å²) in [5.41, 5.74) is 11.5.